The maximum atomic E-state index is 12.9. The van der Waals surface area contributed by atoms with Gasteiger partial charge in [0.25, 0.3) is 10.0 Å². The highest BCUT2D eigenvalue weighted by molar-refractivity contribution is 7.92. The summed E-state index contributed by atoms with van der Waals surface area (Å²) in [6, 6.07) is 7.57. The Morgan fingerprint density at radius 3 is 2.57 bits per heavy atom. The van der Waals surface area contributed by atoms with Gasteiger partial charge in [-0.15, -0.1) is 0 Å². The monoisotopic (exact) mass is 406 g/mol. The van der Waals surface area contributed by atoms with Crippen molar-refractivity contribution >= 4 is 33.3 Å². The zero-order chi connectivity index (χ0) is 20.5. The number of hydrogen-bond donors (Lipinski definition) is 3. The Balaban J connectivity index is 2.02. The molecule has 0 saturated carbocycles. The third-order valence-electron chi connectivity index (χ3n) is 4.31. The first-order valence-electron chi connectivity index (χ1n) is 8.30. The van der Waals surface area contributed by atoms with Crippen molar-refractivity contribution in [3.05, 3.63) is 42.0 Å². The first kappa shape index (κ1) is 19.5. The number of carbonyl (C=O) groups excluding carboxylic acids is 1. The van der Waals surface area contributed by atoms with Crippen LogP contribution in [0.4, 0.5) is 11.4 Å². The zero-order valence-corrected chi connectivity index (χ0v) is 15.7. The standard InChI is InChI=1S/C18H18N2O7S/c1-27-15-7-5-12(20-8-2-3-17(20)22)10-16(15)28(25,26)19-13-9-11(18(23)24)4-6-14(13)21/h4-7,9-10,19,21H,2-3,8H2,1H3,(H,23,24). The van der Waals surface area contributed by atoms with E-state index in [1.807, 2.05) is 0 Å². The van der Waals surface area contributed by atoms with Crippen LogP contribution in [0.3, 0.4) is 0 Å². The number of aromatic hydroxyl groups is 1. The van der Waals surface area contributed by atoms with E-state index in [1.165, 1.54) is 24.1 Å². The number of phenols is 1. The van der Waals surface area contributed by atoms with E-state index in [-0.39, 0.29) is 27.8 Å². The van der Waals surface area contributed by atoms with Crippen LogP contribution in [-0.2, 0) is 14.8 Å². The average molecular weight is 406 g/mol. The van der Waals surface area contributed by atoms with Crippen LogP contribution in [0.2, 0.25) is 0 Å². The Bertz CT molecular complexity index is 1050. The van der Waals surface area contributed by atoms with Crippen LogP contribution < -0.4 is 14.4 Å². The smallest absolute Gasteiger partial charge is 0.335 e. The maximum absolute atomic E-state index is 12.9. The Morgan fingerprint density at radius 1 is 1.21 bits per heavy atom. The van der Waals surface area contributed by atoms with Gasteiger partial charge in [-0.25, -0.2) is 13.2 Å². The summed E-state index contributed by atoms with van der Waals surface area (Å²) >= 11 is 0. The Labute approximate surface area is 161 Å². The molecule has 10 heteroatoms. The molecule has 28 heavy (non-hydrogen) atoms. The number of nitrogens with one attached hydrogen (secondary N) is 1. The number of benzene rings is 2. The first-order chi connectivity index (χ1) is 13.2. The lowest BCUT2D eigenvalue weighted by Gasteiger charge is -2.19. The van der Waals surface area contributed by atoms with Crippen molar-refractivity contribution in [2.24, 2.45) is 0 Å². The summed E-state index contributed by atoms with van der Waals surface area (Å²) in [5, 5.41) is 19.0. The summed E-state index contributed by atoms with van der Waals surface area (Å²) in [6.07, 6.45) is 1.07. The summed E-state index contributed by atoms with van der Waals surface area (Å²) in [5.74, 6) is -1.77. The van der Waals surface area contributed by atoms with Crippen LogP contribution in [0.5, 0.6) is 11.5 Å². The predicted octanol–water partition coefficient (Wildman–Crippen LogP) is 2.03. The highest BCUT2D eigenvalue weighted by atomic mass is 32.2. The molecule has 1 saturated heterocycles. The minimum Gasteiger partial charge on any atom is -0.506 e. The van der Waals surface area contributed by atoms with Gasteiger partial charge in [0.1, 0.15) is 16.4 Å². The van der Waals surface area contributed by atoms with E-state index >= 15 is 0 Å². The van der Waals surface area contributed by atoms with Gasteiger partial charge in [0, 0.05) is 18.7 Å². The molecule has 1 fully saturated rings. The number of ether oxygens (including phenoxy) is 1. The molecule has 2 aromatic carbocycles. The van der Waals surface area contributed by atoms with Gasteiger partial charge in [0.15, 0.2) is 0 Å². The number of nitrogens with zero attached hydrogens (tertiary/aromatic N) is 1. The number of methoxy groups -OCH3 is 1. The Kier molecular flexibility index (Phi) is 5.14. The van der Waals surface area contributed by atoms with Crippen LogP contribution >= 0.6 is 0 Å². The van der Waals surface area contributed by atoms with Gasteiger partial charge in [-0.1, -0.05) is 0 Å². The molecule has 9 nitrogen and oxygen atoms in total. The van der Waals surface area contributed by atoms with Crippen LogP contribution in [0.15, 0.2) is 41.3 Å². The van der Waals surface area contributed by atoms with E-state index in [2.05, 4.69) is 4.72 Å². The number of aromatic carboxylic acids is 1. The number of amides is 1. The Hall–Kier alpha value is -3.27. The van der Waals surface area contributed by atoms with Crippen molar-refractivity contribution < 1.29 is 33.0 Å². The molecule has 2 aromatic rings. The topological polar surface area (TPSA) is 133 Å². The molecule has 0 spiro atoms. The fourth-order valence-electron chi connectivity index (χ4n) is 2.91. The number of carbonyl (C=O) groups is 2. The minimum absolute atomic E-state index is 0.0387. The molecule has 0 aromatic heterocycles. The Morgan fingerprint density at radius 2 is 1.96 bits per heavy atom. The lowest BCUT2D eigenvalue weighted by molar-refractivity contribution is -0.117. The summed E-state index contributed by atoms with van der Waals surface area (Å²) in [6.45, 7) is 0.486. The van der Waals surface area contributed by atoms with E-state index in [0.717, 1.165) is 18.2 Å². The lowest BCUT2D eigenvalue weighted by atomic mass is 10.2. The number of rotatable bonds is 6. The molecule has 3 rings (SSSR count). The second kappa shape index (κ2) is 7.39. The third-order valence-corrected chi connectivity index (χ3v) is 5.70. The number of hydrogen-bond acceptors (Lipinski definition) is 6. The van der Waals surface area contributed by atoms with Crippen molar-refractivity contribution in [1.29, 1.82) is 0 Å². The van der Waals surface area contributed by atoms with Gasteiger partial charge >= 0.3 is 5.97 Å². The molecule has 3 N–H and O–H groups in total. The predicted molar refractivity (Wildman–Crippen MR) is 100 cm³/mol. The normalized spacial score (nSPS) is 14.2. The average Bonchev–Trinajstić information content (AvgIpc) is 3.08. The molecule has 0 radical (unpaired) electrons. The zero-order valence-electron chi connectivity index (χ0n) is 14.9. The van der Waals surface area contributed by atoms with Crippen molar-refractivity contribution in [2.75, 3.05) is 23.3 Å². The number of phenolic OH excluding ortho intramolecular Hbond substituents is 1. The van der Waals surface area contributed by atoms with E-state index in [4.69, 9.17) is 9.84 Å². The third kappa shape index (κ3) is 3.72. The van der Waals surface area contributed by atoms with Crippen molar-refractivity contribution in [3.63, 3.8) is 0 Å². The SMILES string of the molecule is COc1ccc(N2CCCC2=O)cc1S(=O)(=O)Nc1cc(C(=O)O)ccc1O. The first-order valence-corrected chi connectivity index (χ1v) is 9.79. The molecular weight excluding hydrogens is 388 g/mol. The molecule has 0 aliphatic carbocycles. The van der Waals surface area contributed by atoms with Gasteiger partial charge in [-0.2, -0.15) is 0 Å². The number of carboxylic acid groups (broad SMARTS) is 1. The highest BCUT2D eigenvalue weighted by Gasteiger charge is 2.26. The molecular formula is C18H18N2O7S. The molecule has 0 unspecified atom stereocenters. The van der Waals surface area contributed by atoms with Gasteiger partial charge in [-0.05, 0) is 42.8 Å². The number of anilines is 2. The van der Waals surface area contributed by atoms with E-state index in [1.54, 1.807) is 6.07 Å². The van der Waals surface area contributed by atoms with E-state index < -0.39 is 21.7 Å². The summed E-state index contributed by atoms with van der Waals surface area (Å²) in [7, 11) is -2.95. The second-order valence-electron chi connectivity index (χ2n) is 6.13. The van der Waals surface area contributed by atoms with E-state index in [0.29, 0.717) is 25.1 Å². The van der Waals surface area contributed by atoms with Crippen molar-refractivity contribution in [2.45, 2.75) is 17.7 Å². The number of sulfonamides is 1. The molecule has 1 aliphatic rings. The molecule has 1 heterocycles. The largest absolute Gasteiger partial charge is 0.506 e. The van der Waals surface area contributed by atoms with Crippen LogP contribution in [-0.4, -0.2) is 44.2 Å². The molecule has 0 atom stereocenters. The summed E-state index contributed by atoms with van der Waals surface area (Å²) < 4.78 is 33.1. The molecule has 1 aliphatic heterocycles. The lowest BCUT2D eigenvalue weighted by Crippen LogP contribution is -2.24. The summed E-state index contributed by atoms with van der Waals surface area (Å²) in [4.78, 5) is 24.3. The van der Waals surface area contributed by atoms with Gasteiger partial charge in [-0.3, -0.25) is 9.52 Å². The maximum Gasteiger partial charge on any atom is 0.335 e. The van der Waals surface area contributed by atoms with Crippen molar-refractivity contribution in [3.8, 4) is 11.5 Å². The molecule has 0 bridgehead atoms. The van der Waals surface area contributed by atoms with Gasteiger partial charge in [0.2, 0.25) is 5.91 Å². The van der Waals surface area contributed by atoms with Crippen LogP contribution in [0.1, 0.15) is 23.2 Å². The van der Waals surface area contributed by atoms with E-state index in [9.17, 15) is 23.1 Å². The minimum atomic E-state index is -4.26. The molecule has 148 valence electrons. The van der Waals surface area contributed by atoms with Gasteiger partial charge in [0.05, 0.1) is 18.4 Å². The van der Waals surface area contributed by atoms with Crippen molar-refractivity contribution in [1.82, 2.24) is 0 Å². The number of carboxylic acids is 1. The van der Waals surface area contributed by atoms with Crippen LogP contribution in [0.25, 0.3) is 0 Å². The summed E-state index contributed by atoms with van der Waals surface area (Å²) in [5.41, 5.74) is -0.0735. The van der Waals surface area contributed by atoms with Crippen LogP contribution in [0, 0.1) is 0 Å². The highest BCUT2D eigenvalue weighted by Crippen LogP contribution is 2.34. The molecule has 1 amide bonds. The van der Waals surface area contributed by atoms with Gasteiger partial charge < -0.3 is 19.8 Å². The quantitative estimate of drug-likeness (QED) is 0.625. The fraction of sp³-hybridized carbons (Fsp3) is 0.222. The second-order valence-corrected chi connectivity index (χ2v) is 7.78. The fourth-order valence-corrected chi connectivity index (χ4v) is 4.17.